The number of likely N-dealkylation sites (tertiary alicyclic amines) is 2. The average molecular weight is 423 g/mol. The average Bonchev–Trinajstić information content (AvgIpc) is 3.49. The minimum Gasteiger partial charge on any atom is -0.497 e. The van der Waals surface area contributed by atoms with Gasteiger partial charge in [0.1, 0.15) is 11.5 Å². The molecule has 2 atom stereocenters. The number of amides is 2. The van der Waals surface area contributed by atoms with Gasteiger partial charge >= 0.3 is 0 Å². The topological polar surface area (TPSA) is 59.1 Å². The quantitative estimate of drug-likeness (QED) is 0.740. The predicted molar refractivity (Wildman–Crippen MR) is 119 cm³/mol. The second-order valence-electron chi connectivity index (χ2n) is 8.43. The van der Waals surface area contributed by atoms with Crippen molar-refractivity contribution < 1.29 is 19.1 Å². The number of methoxy groups -OCH3 is 2. The van der Waals surface area contributed by atoms with Gasteiger partial charge in [-0.25, -0.2) is 0 Å². The number of carbonyl (C=O) groups excluding carboxylic acids is 2. The number of hydrogen-bond donors (Lipinski definition) is 0. The van der Waals surface area contributed by atoms with Gasteiger partial charge in [-0.15, -0.1) is 0 Å². The van der Waals surface area contributed by atoms with Gasteiger partial charge < -0.3 is 19.3 Å². The Balaban J connectivity index is 1.68. The lowest BCUT2D eigenvalue weighted by atomic mass is 9.87. The van der Waals surface area contributed by atoms with E-state index in [1.165, 1.54) is 0 Å². The fourth-order valence-corrected chi connectivity index (χ4v) is 4.71. The van der Waals surface area contributed by atoms with Crippen molar-refractivity contribution in [1.82, 2.24) is 9.80 Å². The van der Waals surface area contributed by atoms with Crippen LogP contribution in [0.15, 0.2) is 42.5 Å². The number of carbonyl (C=O) groups is 2. The SMILES string of the molecule is COc1ccc(OC)c([C@@H]2CN(C(=O)c3ccc(C)cc3)C[C@H]2C(=O)N2CCCC2)c1. The van der Waals surface area contributed by atoms with Gasteiger partial charge in [-0.3, -0.25) is 9.59 Å². The largest absolute Gasteiger partial charge is 0.497 e. The van der Waals surface area contributed by atoms with E-state index >= 15 is 0 Å². The highest BCUT2D eigenvalue weighted by molar-refractivity contribution is 5.95. The van der Waals surface area contributed by atoms with E-state index < -0.39 is 0 Å². The zero-order valence-electron chi connectivity index (χ0n) is 18.5. The minimum atomic E-state index is -0.298. The Morgan fingerprint density at radius 1 is 0.903 bits per heavy atom. The van der Waals surface area contributed by atoms with Crippen molar-refractivity contribution in [2.24, 2.45) is 5.92 Å². The highest BCUT2D eigenvalue weighted by atomic mass is 16.5. The van der Waals surface area contributed by atoms with Gasteiger partial charge in [0.15, 0.2) is 0 Å². The lowest BCUT2D eigenvalue weighted by molar-refractivity contribution is -0.134. The summed E-state index contributed by atoms with van der Waals surface area (Å²) < 4.78 is 11.1. The highest BCUT2D eigenvalue weighted by Crippen LogP contribution is 2.41. The molecule has 2 saturated heterocycles. The Labute approximate surface area is 183 Å². The standard InChI is InChI=1S/C25H30N2O4/c1-17-6-8-18(9-7-17)24(28)27-15-21(20-14-19(30-2)10-11-23(20)31-3)22(16-27)25(29)26-12-4-5-13-26/h6-11,14,21-22H,4-5,12-13,15-16H2,1-3H3/t21-,22+/m0/s1. The molecule has 31 heavy (non-hydrogen) atoms. The second-order valence-corrected chi connectivity index (χ2v) is 8.43. The van der Waals surface area contributed by atoms with Crippen molar-refractivity contribution in [1.29, 1.82) is 0 Å². The third-order valence-electron chi connectivity index (χ3n) is 6.48. The van der Waals surface area contributed by atoms with Crippen LogP contribution in [0.3, 0.4) is 0 Å². The maximum Gasteiger partial charge on any atom is 0.253 e. The molecule has 2 heterocycles. The zero-order valence-corrected chi connectivity index (χ0v) is 18.5. The molecule has 2 fully saturated rings. The second kappa shape index (κ2) is 9.00. The van der Waals surface area contributed by atoms with Gasteiger partial charge in [-0.05, 0) is 50.1 Å². The third kappa shape index (κ3) is 4.24. The molecule has 164 valence electrons. The number of rotatable bonds is 5. The molecule has 0 unspecified atom stereocenters. The van der Waals surface area contributed by atoms with Crippen LogP contribution >= 0.6 is 0 Å². The van der Waals surface area contributed by atoms with E-state index in [1.54, 1.807) is 14.2 Å². The van der Waals surface area contributed by atoms with Crippen molar-refractivity contribution in [3.63, 3.8) is 0 Å². The Hall–Kier alpha value is -3.02. The molecule has 2 aliphatic rings. The van der Waals surface area contributed by atoms with Crippen LogP contribution in [0.5, 0.6) is 11.5 Å². The molecule has 0 spiro atoms. The Bertz CT molecular complexity index is 950. The molecule has 0 aromatic heterocycles. The van der Waals surface area contributed by atoms with E-state index in [4.69, 9.17) is 9.47 Å². The maximum atomic E-state index is 13.5. The lowest BCUT2D eigenvalue weighted by Gasteiger charge is -2.25. The number of ether oxygens (including phenoxy) is 2. The number of benzene rings is 2. The minimum absolute atomic E-state index is 0.0383. The Kier molecular flexibility index (Phi) is 6.16. The predicted octanol–water partition coefficient (Wildman–Crippen LogP) is 3.49. The third-order valence-corrected chi connectivity index (χ3v) is 6.48. The molecule has 2 amide bonds. The first-order valence-electron chi connectivity index (χ1n) is 10.9. The molecule has 0 radical (unpaired) electrons. The van der Waals surface area contributed by atoms with Crippen LogP contribution in [-0.2, 0) is 4.79 Å². The van der Waals surface area contributed by atoms with E-state index in [9.17, 15) is 9.59 Å². The fourth-order valence-electron chi connectivity index (χ4n) is 4.71. The summed E-state index contributed by atoms with van der Waals surface area (Å²) in [4.78, 5) is 30.5. The normalized spacial score (nSPS) is 20.7. The first-order valence-corrected chi connectivity index (χ1v) is 10.9. The van der Waals surface area contributed by atoms with Crippen LogP contribution in [0.1, 0.15) is 40.2 Å². The molecular formula is C25H30N2O4. The first kappa shape index (κ1) is 21.2. The number of nitrogens with zero attached hydrogens (tertiary/aromatic N) is 2. The van der Waals surface area contributed by atoms with Gasteiger partial charge in [0.2, 0.25) is 5.91 Å². The maximum absolute atomic E-state index is 13.5. The summed E-state index contributed by atoms with van der Waals surface area (Å²) in [7, 11) is 3.26. The van der Waals surface area contributed by atoms with E-state index in [-0.39, 0.29) is 23.7 Å². The van der Waals surface area contributed by atoms with Gasteiger partial charge in [-0.2, -0.15) is 0 Å². The molecule has 6 nitrogen and oxygen atoms in total. The Morgan fingerprint density at radius 2 is 1.61 bits per heavy atom. The summed E-state index contributed by atoms with van der Waals surface area (Å²) in [5.41, 5.74) is 2.67. The summed E-state index contributed by atoms with van der Waals surface area (Å²) in [6.45, 7) is 4.47. The summed E-state index contributed by atoms with van der Waals surface area (Å²) in [5, 5.41) is 0. The fraction of sp³-hybridized carbons (Fsp3) is 0.440. The Morgan fingerprint density at radius 3 is 2.26 bits per heavy atom. The molecular weight excluding hydrogens is 392 g/mol. The summed E-state index contributed by atoms with van der Waals surface area (Å²) in [6, 6.07) is 13.3. The van der Waals surface area contributed by atoms with Crippen LogP contribution < -0.4 is 9.47 Å². The molecule has 2 aromatic rings. The van der Waals surface area contributed by atoms with Gasteiger partial charge in [0.05, 0.1) is 20.1 Å². The van der Waals surface area contributed by atoms with Gasteiger partial charge in [0.25, 0.3) is 5.91 Å². The van der Waals surface area contributed by atoms with Crippen molar-refractivity contribution in [3.8, 4) is 11.5 Å². The van der Waals surface area contributed by atoms with Gasteiger partial charge in [-0.1, -0.05) is 17.7 Å². The monoisotopic (exact) mass is 422 g/mol. The van der Waals surface area contributed by atoms with E-state index in [1.807, 2.05) is 59.2 Å². The van der Waals surface area contributed by atoms with Crippen LogP contribution in [0.2, 0.25) is 0 Å². The molecule has 2 aromatic carbocycles. The van der Waals surface area contributed by atoms with Crippen LogP contribution in [0.25, 0.3) is 0 Å². The highest BCUT2D eigenvalue weighted by Gasteiger charge is 2.43. The summed E-state index contributed by atoms with van der Waals surface area (Å²) in [6.07, 6.45) is 2.08. The molecule has 0 saturated carbocycles. The van der Waals surface area contributed by atoms with E-state index in [2.05, 4.69) is 0 Å². The summed E-state index contributed by atoms with van der Waals surface area (Å²) in [5.74, 6) is 1.08. The van der Waals surface area contributed by atoms with Crippen LogP contribution in [-0.4, -0.2) is 62.0 Å². The van der Waals surface area contributed by atoms with E-state index in [0.29, 0.717) is 24.4 Å². The van der Waals surface area contributed by atoms with Crippen LogP contribution in [0, 0.1) is 12.8 Å². The molecule has 6 heteroatoms. The summed E-state index contributed by atoms with van der Waals surface area (Å²) >= 11 is 0. The number of hydrogen-bond acceptors (Lipinski definition) is 4. The molecule has 4 rings (SSSR count). The molecule has 2 aliphatic heterocycles. The van der Waals surface area contributed by atoms with Crippen LogP contribution in [0.4, 0.5) is 0 Å². The van der Waals surface area contributed by atoms with Crippen molar-refractivity contribution in [3.05, 3.63) is 59.2 Å². The van der Waals surface area contributed by atoms with Gasteiger partial charge in [0, 0.05) is 43.2 Å². The van der Waals surface area contributed by atoms with Crippen molar-refractivity contribution in [2.75, 3.05) is 40.4 Å². The molecule has 0 bridgehead atoms. The molecule has 0 N–H and O–H groups in total. The first-order chi connectivity index (χ1) is 15.0. The number of aryl methyl sites for hydroxylation is 1. The van der Waals surface area contributed by atoms with Crippen molar-refractivity contribution >= 4 is 11.8 Å². The smallest absolute Gasteiger partial charge is 0.253 e. The van der Waals surface area contributed by atoms with E-state index in [0.717, 1.165) is 42.8 Å². The molecule has 0 aliphatic carbocycles. The van der Waals surface area contributed by atoms with Crippen molar-refractivity contribution in [2.45, 2.75) is 25.7 Å². The lowest BCUT2D eigenvalue weighted by Crippen LogP contribution is -2.37. The zero-order chi connectivity index (χ0) is 22.0.